The molecular weight excluding hydrogens is 212 g/mol. The SMILES string of the molecule is CC(OCc1nnc(C(C)(C)C)o1)C(=O)O. The number of carboxylic acids is 1. The van der Waals surface area contributed by atoms with Crippen LogP contribution in [0.25, 0.3) is 0 Å². The van der Waals surface area contributed by atoms with Crippen LogP contribution in [0.15, 0.2) is 4.42 Å². The predicted octanol–water partition coefficient (Wildman–Crippen LogP) is 1.36. The first-order valence-electron chi connectivity index (χ1n) is 4.98. The number of hydrogen-bond donors (Lipinski definition) is 1. The van der Waals surface area contributed by atoms with Gasteiger partial charge in [0.1, 0.15) is 6.61 Å². The van der Waals surface area contributed by atoms with Crippen LogP contribution in [0.5, 0.6) is 0 Å². The van der Waals surface area contributed by atoms with Crippen molar-refractivity contribution in [3.63, 3.8) is 0 Å². The summed E-state index contributed by atoms with van der Waals surface area (Å²) in [5.41, 5.74) is -0.219. The number of aliphatic carboxylic acids is 1. The molecule has 0 saturated heterocycles. The van der Waals surface area contributed by atoms with Crippen molar-refractivity contribution in [2.24, 2.45) is 0 Å². The second kappa shape index (κ2) is 4.61. The summed E-state index contributed by atoms with van der Waals surface area (Å²) in [5.74, 6) is -0.220. The third kappa shape index (κ3) is 3.30. The van der Waals surface area contributed by atoms with Crippen LogP contribution in [0, 0.1) is 0 Å². The molecular formula is C10H16N2O4. The van der Waals surface area contributed by atoms with E-state index in [9.17, 15) is 4.79 Å². The van der Waals surface area contributed by atoms with Gasteiger partial charge in [0.25, 0.3) is 0 Å². The fourth-order valence-corrected chi connectivity index (χ4v) is 0.883. The van der Waals surface area contributed by atoms with Crippen molar-refractivity contribution >= 4 is 5.97 Å². The van der Waals surface area contributed by atoms with Crippen molar-refractivity contribution in [1.82, 2.24) is 10.2 Å². The molecule has 0 aliphatic heterocycles. The summed E-state index contributed by atoms with van der Waals surface area (Å²) in [5, 5.41) is 16.2. The molecule has 1 heterocycles. The first-order chi connectivity index (χ1) is 7.30. The number of aromatic nitrogens is 2. The van der Waals surface area contributed by atoms with E-state index in [0.717, 1.165) is 0 Å². The van der Waals surface area contributed by atoms with Gasteiger partial charge in [0.15, 0.2) is 6.10 Å². The van der Waals surface area contributed by atoms with E-state index >= 15 is 0 Å². The maximum atomic E-state index is 10.5. The third-order valence-corrected chi connectivity index (χ3v) is 1.91. The van der Waals surface area contributed by atoms with Crippen LogP contribution >= 0.6 is 0 Å². The highest BCUT2D eigenvalue weighted by Gasteiger charge is 2.22. The molecule has 1 aromatic heterocycles. The number of ether oxygens (including phenoxy) is 1. The zero-order valence-electron chi connectivity index (χ0n) is 9.85. The van der Waals surface area contributed by atoms with Gasteiger partial charge < -0.3 is 14.3 Å². The summed E-state index contributed by atoms with van der Waals surface area (Å²) in [6.07, 6.45) is -0.884. The van der Waals surface area contributed by atoms with Crippen LogP contribution in [0.3, 0.4) is 0 Å². The molecule has 6 heteroatoms. The second-order valence-corrected chi connectivity index (χ2v) is 4.54. The lowest BCUT2D eigenvalue weighted by atomic mass is 9.97. The van der Waals surface area contributed by atoms with E-state index in [2.05, 4.69) is 10.2 Å². The highest BCUT2D eigenvalue weighted by Crippen LogP contribution is 2.20. The van der Waals surface area contributed by atoms with E-state index in [-0.39, 0.29) is 17.9 Å². The Balaban J connectivity index is 2.57. The monoisotopic (exact) mass is 228 g/mol. The summed E-state index contributed by atoms with van der Waals surface area (Å²) >= 11 is 0. The summed E-state index contributed by atoms with van der Waals surface area (Å²) in [4.78, 5) is 10.5. The van der Waals surface area contributed by atoms with E-state index < -0.39 is 12.1 Å². The van der Waals surface area contributed by atoms with Gasteiger partial charge in [-0.05, 0) is 6.92 Å². The molecule has 0 bridgehead atoms. The number of carboxylic acid groups (broad SMARTS) is 1. The predicted molar refractivity (Wildman–Crippen MR) is 54.9 cm³/mol. The average molecular weight is 228 g/mol. The van der Waals surface area contributed by atoms with Crippen LogP contribution < -0.4 is 0 Å². The zero-order valence-corrected chi connectivity index (χ0v) is 9.85. The lowest BCUT2D eigenvalue weighted by Crippen LogP contribution is -2.19. The largest absolute Gasteiger partial charge is 0.479 e. The molecule has 1 aromatic rings. The minimum absolute atomic E-state index is 0.0105. The van der Waals surface area contributed by atoms with Gasteiger partial charge in [-0.3, -0.25) is 0 Å². The van der Waals surface area contributed by atoms with Crippen molar-refractivity contribution < 1.29 is 19.1 Å². The topological polar surface area (TPSA) is 85.5 Å². The van der Waals surface area contributed by atoms with E-state index in [0.29, 0.717) is 5.89 Å². The molecule has 1 rings (SSSR count). The number of nitrogens with zero attached hydrogens (tertiary/aromatic N) is 2. The molecule has 0 fully saturated rings. The molecule has 0 aromatic carbocycles. The van der Waals surface area contributed by atoms with E-state index in [4.69, 9.17) is 14.3 Å². The Bertz CT molecular complexity index is 367. The molecule has 0 spiro atoms. The van der Waals surface area contributed by atoms with Crippen LogP contribution in [0.1, 0.15) is 39.5 Å². The highest BCUT2D eigenvalue weighted by molar-refractivity contribution is 5.71. The molecule has 90 valence electrons. The average Bonchev–Trinajstić information content (AvgIpc) is 2.61. The van der Waals surface area contributed by atoms with Gasteiger partial charge in [-0.1, -0.05) is 20.8 Å². The van der Waals surface area contributed by atoms with Crippen LogP contribution in [-0.2, 0) is 21.6 Å². The van der Waals surface area contributed by atoms with Crippen molar-refractivity contribution in [1.29, 1.82) is 0 Å². The second-order valence-electron chi connectivity index (χ2n) is 4.54. The molecule has 6 nitrogen and oxygen atoms in total. The van der Waals surface area contributed by atoms with Crippen LogP contribution in [0.4, 0.5) is 0 Å². The van der Waals surface area contributed by atoms with E-state index in [1.165, 1.54) is 6.92 Å². The summed E-state index contributed by atoms with van der Waals surface area (Å²) in [7, 11) is 0. The molecule has 0 aliphatic rings. The van der Waals surface area contributed by atoms with E-state index in [1.54, 1.807) is 0 Å². The van der Waals surface area contributed by atoms with Crippen molar-refractivity contribution in [3.8, 4) is 0 Å². The lowest BCUT2D eigenvalue weighted by molar-refractivity contribution is -0.150. The molecule has 0 aliphatic carbocycles. The Labute approximate surface area is 93.6 Å². The first kappa shape index (κ1) is 12.6. The van der Waals surface area contributed by atoms with Gasteiger partial charge in [-0.2, -0.15) is 0 Å². The quantitative estimate of drug-likeness (QED) is 0.837. The van der Waals surface area contributed by atoms with Crippen LogP contribution in [0.2, 0.25) is 0 Å². The van der Waals surface area contributed by atoms with Crippen molar-refractivity contribution in [2.45, 2.75) is 45.8 Å². The number of rotatable bonds is 4. The summed E-state index contributed by atoms with van der Waals surface area (Å²) in [6.45, 7) is 7.31. The van der Waals surface area contributed by atoms with Gasteiger partial charge in [0.2, 0.25) is 11.8 Å². The molecule has 16 heavy (non-hydrogen) atoms. The molecule has 1 N–H and O–H groups in total. The fourth-order valence-electron chi connectivity index (χ4n) is 0.883. The zero-order chi connectivity index (χ0) is 12.3. The Hall–Kier alpha value is -1.43. The Morgan fingerprint density at radius 3 is 2.56 bits per heavy atom. The van der Waals surface area contributed by atoms with Crippen LogP contribution in [-0.4, -0.2) is 27.4 Å². The standard InChI is InChI=1S/C10H16N2O4/c1-6(8(13)14)15-5-7-11-12-9(16-7)10(2,3)4/h6H,5H2,1-4H3,(H,13,14). The van der Waals surface area contributed by atoms with Crippen molar-refractivity contribution in [2.75, 3.05) is 0 Å². The normalized spacial score (nSPS) is 13.8. The Kier molecular flexibility index (Phi) is 3.64. The third-order valence-electron chi connectivity index (χ3n) is 1.91. The number of hydrogen-bond acceptors (Lipinski definition) is 5. The maximum Gasteiger partial charge on any atom is 0.332 e. The molecule has 1 unspecified atom stereocenters. The summed E-state index contributed by atoms with van der Waals surface area (Å²) in [6, 6.07) is 0. The number of carbonyl (C=O) groups is 1. The fraction of sp³-hybridized carbons (Fsp3) is 0.700. The molecule has 0 radical (unpaired) electrons. The molecule has 0 amide bonds. The van der Waals surface area contributed by atoms with Gasteiger partial charge in [-0.15, -0.1) is 10.2 Å². The minimum atomic E-state index is -1.02. The first-order valence-corrected chi connectivity index (χ1v) is 4.98. The molecule has 1 atom stereocenters. The highest BCUT2D eigenvalue weighted by atomic mass is 16.5. The van der Waals surface area contributed by atoms with E-state index in [1.807, 2.05) is 20.8 Å². The Morgan fingerprint density at radius 1 is 1.50 bits per heavy atom. The van der Waals surface area contributed by atoms with Crippen molar-refractivity contribution in [3.05, 3.63) is 11.8 Å². The van der Waals surface area contributed by atoms with Gasteiger partial charge in [0, 0.05) is 5.41 Å². The van der Waals surface area contributed by atoms with Gasteiger partial charge in [-0.25, -0.2) is 4.79 Å². The lowest BCUT2D eigenvalue weighted by Gasteiger charge is -2.11. The maximum absolute atomic E-state index is 10.5. The van der Waals surface area contributed by atoms with Gasteiger partial charge in [0.05, 0.1) is 0 Å². The van der Waals surface area contributed by atoms with Gasteiger partial charge >= 0.3 is 5.97 Å². The Morgan fingerprint density at radius 2 is 2.12 bits per heavy atom. The summed E-state index contributed by atoms with van der Waals surface area (Å²) < 4.78 is 10.4. The smallest absolute Gasteiger partial charge is 0.332 e. The minimum Gasteiger partial charge on any atom is -0.479 e. The molecule has 0 saturated carbocycles.